The summed E-state index contributed by atoms with van der Waals surface area (Å²) in [5.41, 5.74) is 13.6. The molecule has 2 aliphatic rings. The Balaban J connectivity index is 1.84. The van der Waals surface area contributed by atoms with Gasteiger partial charge in [-0.1, -0.05) is 6.07 Å². The monoisotopic (exact) mass is 279 g/mol. The molecule has 1 fully saturated rings. The quantitative estimate of drug-likeness (QED) is 0.824. The van der Waals surface area contributed by atoms with Crippen molar-refractivity contribution >= 4 is 5.69 Å². The molecule has 2 heteroatoms. The van der Waals surface area contributed by atoms with Crippen LogP contribution in [0.4, 0.5) is 5.69 Å². The average Bonchev–Trinajstić information content (AvgIpc) is 3.34. The van der Waals surface area contributed by atoms with Crippen LogP contribution in [0, 0.1) is 6.92 Å². The van der Waals surface area contributed by atoms with Crippen LogP contribution in [0.15, 0.2) is 30.3 Å². The largest absolute Gasteiger partial charge is 0.493 e. The van der Waals surface area contributed by atoms with Crippen LogP contribution < -0.4 is 10.5 Å². The summed E-state index contributed by atoms with van der Waals surface area (Å²) >= 11 is 0. The maximum atomic E-state index is 6.12. The number of hydrogen-bond donors (Lipinski definition) is 1. The molecule has 1 saturated carbocycles. The van der Waals surface area contributed by atoms with Crippen LogP contribution in [0.5, 0.6) is 5.75 Å². The van der Waals surface area contributed by atoms with Gasteiger partial charge in [0.2, 0.25) is 0 Å². The van der Waals surface area contributed by atoms with E-state index in [-0.39, 0.29) is 0 Å². The van der Waals surface area contributed by atoms with E-state index in [1.807, 2.05) is 0 Å². The minimum Gasteiger partial charge on any atom is -0.493 e. The molecule has 4 rings (SSSR count). The van der Waals surface area contributed by atoms with Gasteiger partial charge in [0.15, 0.2) is 0 Å². The van der Waals surface area contributed by atoms with Gasteiger partial charge >= 0.3 is 0 Å². The van der Waals surface area contributed by atoms with Crippen LogP contribution in [0.1, 0.15) is 41.9 Å². The van der Waals surface area contributed by atoms with Crippen LogP contribution in [0.3, 0.4) is 0 Å². The first kappa shape index (κ1) is 12.8. The first-order valence-corrected chi connectivity index (χ1v) is 7.88. The number of hydrogen-bond acceptors (Lipinski definition) is 2. The summed E-state index contributed by atoms with van der Waals surface area (Å²) in [5, 5.41) is 0. The molecule has 21 heavy (non-hydrogen) atoms. The van der Waals surface area contributed by atoms with Crippen LogP contribution in [0.2, 0.25) is 0 Å². The van der Waals surface area contributed by atoms with Crippen molar-refractivity contribution in [2.24, 2.45) is 0 Å². The molecule has 2 N–H and O–H groups in total. The highest BCUT2D eigenvalue weighted by molar-refractivity contribution is 5.74. The predicted octanol–water partition coefficient (Wildman–Crippen LogP) is 4.45. The van der Waals surface area contributed by atoms with Crippen molar-refractivity contribution in [3.63, 3.8) is 0 Å². The second kappa shape index (κ2) is 4.80. The van der Waals surface area contributed by atoms with E-state index < -0.39 is 0 Å². The van der Waals surface area contributed by atoms with Gasteiger partial charge in [-0.05, 0) is 90.6 Å². The smallest absolute Gasteiger partial charge is 0.122 e. The van der Waals surface area contributed by atoms with Gasteiger partial charge in [0, 0.05) is 5.69 Å². The Morgan fingerprint density at radius 1 is 1.14 bits per heavy atom. The summed E-state index contributed by atoms with van der Waals surface area (Å²) in [4.78, 5) is 0. The molecule has 0 bridgehead atoms. The Bertz CT molecular complexity index is 701. The lowest BCUT2D eigenvalue weighted by molar-refractivity contribution is 0.288. The van der Waals surface area contributed by atoms with Gasteiger partial charge in [0.05, 0.1) is 6.61 Å². The molecule has 1 aliphatic heterocycles. The standard InChI is InChI=1S/C19H21NO/c1-12-9-16(17(11-18(12)20)13-4-5-13)14-6-7-19-15(10-14)3-2-8-21-19/h6-7,9-11,13H,2-5,8,20H2,1H3. The minimum atomic E-state index is 0.704. The Kier molecular flexibility index (Phi) is 2.91. The maximum absolute atomic E-state index is 6.12. The molecule has 0 unspecified atom stereocenters. The second-order valence-corrected chi connectivity index (χ2v) is 6.34. The summed E-state index contributed by atoms with van der Waals surface area (Å²) < 4.78 is 5.73. The summed E-state index contributed by atoms with van der Waals surface area (Å²) in [6, 6.07) is 11.1. The van der Waals surface area contributed by atoms with Crippen LogP contribution in [-0.2, 0) is 6.42 Å². The molecule has 1 heterocycles. The van der Waals surface area contributed by atoms with Crippen molar-refractivity contribution in [3.05, 3.63) is 47.0 Å². The average molecular weight is 279 g/mol. The van der Waals surface area contributed by atoms with E-state index in [0.29, 0.717) is 5.92 Å². The van der Waals surface area contributed by atoms with E-state index in [2.05, 4.69) is 37.3 Å². The molecule has 1 aliphatic carbocycles. The number of nitrogen functional groups attached to an aromatic ring is 1. The second-order valence-electron chi connectivity index (χ2n) is 6.34. The molecule has 0 saturated heterocycles. The fourth-order valence-electron chi connectivity index (χ4n) is 3.25. The van der Waals surface area contributed by atoms with Crippen LogP contribution in [-0.4, -0.2) is 6.61 Å². The molecule has 0 radical (unpaired) electrons. The van der Waals surface area contributed by atoms with E-state index in [4.69, 9.17) is 10.5 Å². The van der Waals surface area contributed by atoms with Gasteiger partial charge < -0.3 is 10.5 Å². The molecule has 0 spiro atoms. The zero-order valence-electron chi connectivity index (χ0n) is 12.5. The van der Waals surface area contributed by atoms with Crippen molar-refractivity contribution in [1.29, 1.82) is 0 Å². The van der Waals surface area contributed by atoms with E-state index >= 15 is 0 Å². The van der Waals surface area contributed by atoms with Crippen molar-refractivity contribution in [2.45, 2.75) is 38.5 Å². The Hall–Kier alpha value is -1.96. The van der Waals surface area contributed by atoms with E-state index in [1.54, 1.807) is 0 Å². The molecule has 2 aromatic rings. The lowest BCUT2D eigenvalue weighted by Crippen LogP contribution is -2.08. The highest BCUT2D eigenvalue weighted by Crippen LogP contribution is 2.46. The predicted molar refractivity (Wildman–Crippen MR) is 86.8 cm³/mol. The van der Waals surface area contributed by atoms with Gasteiger partial charge in [-0.2, -0.15) is 0 Å². The summed E-state index contributed by atoms with van der Waals surface area (Å²) in [6.45, 7) is 2.94. The van der Waals surface area contributed by atoms with Gasteiger partial charge in [0.1, 0.15) is 5.75 Å². The molecule has 0 amide bonds. The number of aryl methyl sites for hydroxylation is 2. The zero-order valence-corrected chi connectivity index (χ0v) is 12.5. The molecule has 2 nitrogen and oxygen atoms in total. The number of benzene rings is 2. The minimum absolute atomic E-state index is 0.704. The first-order valence-electron chi connectivity index (χ1n) is 7.88. The van der Waals surface area contributed by atoms with Crippen molar-refractivity contribution in [2.75, 3.05) is 12.3 Å². The van der Waals surface area contributed by atoms with Crippen molar-refractivity contribution < 1.29 is 4.74 Å². The summed E-state index contributed by atoms with van der Waals surface area (Å²) in [6.07, 6.45) is 4.83. The van der Waals surface area contributed by atoms with Crippen LogP contribution >= 0.6 is 0 Å². The first-order chi connectivity index (χ1) is 10.2. The Morgan fingerprint density at radius 2 is 2.00 bits per heavy atom. The number of nitrogens with two attached hydrogens (primary N) is 1. The lowest BCUT2D eigenvalue weighted by Gasteiger charge is -2.19. The Morgan fingerprint density at radius 3 is 2.81 bits per heavy atom. The van der Waals surface area contributed by atoms with E-state index in [0.717, 1.165) is 30.9 Å². The molecule has 0 aromatic heterocycles. The normalized spacial score (nSPS) is 17.2. The van der Waals surface area contributed by atoms with Crippen molar-refractivity contribution in [1.82, 2.24) is 0 Å². The number of rotatable bonds is 2. The summed E-state index contributed by atoms with van der Waals surface area (Å²) in [5.74, 6) is 1.76. The molecular formula is C19H21NO. The summed E-state index contributed by atoms with van der Waals surface area (Å²) in [7, 11) is 0. The third-order valence-electron chi connectivity index (χ3n) is 4.67. The molecule has 2 aromatic carbocycles. The molecule has 108 valence electrons. The molecular weight excluding hydrogens is 258 g/mol. The number of fused-ring (bicyclic) bond motifs is 1. The lowest BCUT2D eigenvalue weighted by atomic mass is 9.92. The fourth-order valence-corrected chi connectivity index (χ4v) is 3.25. The van der Waals surface area contributed by atoms with E-state index in [1.165, 1.54) is 40.7 Å². The van der Waals surface area contributed by atoms with Gasteiger partial charge in [-0.15, -0.1) is 0 Å². The molecule has 0 atom stereocenters. The van der Waals surface area contributed by atoms with Crippen molar-refractivity contribution in [3.8, 4) is 16.9 Å². The fraction of sp³-hybridized carbons (Fsp3) is 0.368. The maximum Gasteiger partial charge on any atom is 0.122 e. The number of anilines is 1. The van der Waals surface area contributed by atoms with Gasteiger partial charge in [0.25, 0.3) is 0 Å². The third kappa shape index (κ3) is 2.29. The van der Waals surface area contributed by atoms with E-state index in [9.17, 15) is 0 Å². The van der Waals surface area contributed by atoms with Gasteiger partial charge in [-0.25, -0.2) is 0 Å². The zero-order chi connectivity index (χ0) is 14.4. The Labute approximate surface area is 125 Å². The highest BCUT2D eigenvalue weighted by atomic mass is 16.5. The topological polar surface area (TPSA) is 35.2 Å². The number of ether oxygens (including phenoxy) is 1. The third-order valence-corrected chi connectivity index (χ3v) is 4.67. The van der Waals surface area contributed by atoms with Crippen LogP contribution in [0.25, 0.3) is 11.1 Å². The SMILES string of the molecule is Cc1cc(-c2ccc3c(c2)CCCO3)c(C2CC2)cc1N. The van der Waals surface area contributed by atoms with Gasteiger partial charge in [-0.3, -0.25) is 0 Å². The highest BCUT2D eigenvalue weighted by Gasteiger charge is 2.27.